The number of hydrogen-bond donors (Lipinski definition) is 0. The summed E-state index contributed by atoms with van der Waals surface area (Å²) in [6.45, 7) is 6.28. The number of esters is 1. The summed E-state index contributed by atoms with van der Waals surface area (Å²) in [4.78, 5) is 19.2. The van der Waals surface area contributed by atoms with Crippen LogP contribution in [-0.2, 0) is 35.6 Å². The Morgan fingerprint density at radius 1 is 1.03 bits per heavy atom. The van der Waals surface area contributed by atoms with E-state index in [1.807, 2.05) is 0 Å². The van der Waals surface area contributed by atoms with Gasteiger partial charge < -0.3 is 14.4 Å². The van der Waals surface area contributed by atoms with Crippen molar-refractivity contribution in [1.29, 1.82) is 0 Å². The second-order valence-corrected chi connectivity index (χ2v) is 9.64. The van der Waals surface area contributed by atoms with E-state index in [1.165, 1.54) is 47.9 Å². The number of ether oxygens (including phenoxy) is 2. The predicted octanol–water partition coefficient (Wildman–Crippen LogP) is 3.60. The third kappa shape index (κ3) is 4.87. The summed E-state index contributed by atoms with van der Waals surface area (Å²) in [5.41, 5.74) is 6.69. The molecule has 1 fully saturated rings. The Kier molecular flexibility index (Phi) is 6.56. The zero-order valence-corrected chi connectivity index (χ0v) is 19.9. The third-order valence-electron chi connectivity index (χ3n) is 7.31. The normalized spacial score (nSPS) is 21.2. The van der Waals surface area contributed by atoms with Crippen LogP contribution in [0.5, 0.6) is 5.75 Å². The Morgan fingerprint density at radius 3 is 2.73 bits per heavy atom. The van der Waals surface area contributed by atoms with Crippen LogP contribution >= 0.6 is 0 Å². The van der Waals surface area contributed by atoms with Crippen molar-refractivity contribution in [3.63, 3.8) is 0 Å². The van der Waals surface area contributed by atoms with Gasteiger partial charge in [-0.2, -0.15) is 0 Å². The summed E-state index contributed by atoms with van der Waals surface area (Å²) in [5, 5.41) is 0. The lowest BCUT2D eigenvalue weighted by molar-refractivity contribution is -0.146. The van der Waals surface area contributed by atoms with E-state index in [0.29, 0.717) is 6.61 Å². The van der Waals surface area contributed by atoms with Crippen LogP contribution in [0, 0.1) is 0 Å². The first-order valence-corrected chi connectivity index (χ1v) is 12.2. The van der Waals surface area contributed by atoms with Crippen LogP contribution in [0.15, 0.2) is 36.4 Å². The molecule has 0 spiro atoms. The number of fused-ring (bicyclic) bond motifs is 2. The highest BCUT2D eigenvalue weighted by molar-refractivity contribution is 5.76. The van der Waals surface area contributed by atoms with Crippen molar-refractivity contribution >= 4 is 11.7 Å². The number of benzene rings is 2. The molecule has 0 N–H and O–H groups in total. The van der Waals surface area contributed by atoms with E-state index in [1.54, 1.807) is 0 Å². The second kappa shape index (κ2) is 9.74. The number of anilines is 1. The summed E-state index contributed by atoms with van der Waals surface area (Å²) in [6.07, 6.45) is 4.32. The molecule has 3 heterocycles. The average molecular weight is 450 g/mol. The van der Waals surface area contributed by atoms with E-state index in [9.17, 15) is 4.79 Å². The first-order valence-electron chi connectivity index (χ1n) is 12.2. The van der Waals surface area contributed by atoms with E-state index >= 15 is 0 Å². The van der Waals surface area contributed by atoms with Gasteiger partial charge in [-0.25, -0.2) is 0 Å². The van der Waals surface area contributed by atoms with Gasteiger partial charge >= 0.3 is 5.97 Å². The molecule has 0 saturated carbocycles. The highest BCUT2D eigenvalue weighted by Crippen LogP contribution is 2.30. The lowest BCUT2D eigenvalue weighted by atomic mass is 9.99. The lowest BCUT2D eigenvalue weighted by Crippen LogP contribution is -2.36. The van der Waals surface area contributed by atoms with E-state index < -0.39 is 0 Å². The minimum absolute atomic E-state index is 0.118. The first-order chi connectivity index (χ1) is 16.1. The fourth-order valence-electron chi connectivity index (χ4n) is 5.58. The van der Waals surface area contributed by atoms with Gasteiger partial charge in [0.2, 0.25) is 0 Å². The van der Waals surface area contributed by atoms with Crippen molar-refractivity contribution in [3.8, 4) is 5.75 Å². The second-order valence-electron chi connectivity index (χ2n) is 9.64. The Hall–Kier alpha value is -2.57. The zero-order chi connectivity index (χ0) is 22.8. The van der Waals surface area contributed by atoms with Crippen LogP contribution in [-0.4, -0.2) is 62.2 Å². The molecule has 0 aromatic heterocycles. The lowest BCUT2D eigenvalue weighted by Gasteiger charge is -2.28. The van der Waals surface area contributed by atoms with Crippen molar-refractivity contribution in [3.05, 3.63) is 58.7 Å². The first kappa shape index (κ1) is 22.2. The molecule has 0 unspecified atom stereocenters. The summed E-state index contributed by atoms with van der Waals surface area (Å²) in [5.74, 6) is 0.868. The van der Waals surface area contributed by atoms with Gasteiger partial charge in [0.25, 0.3) is 0 Å². The van der Waals surface area contributed by atoms with Gasteiger partial charge in [-0.15, -0.1) is 0 Å². The van der Waals surface area contributed by atoms with E-state index in [0.717, 1.165) is 57.9 Å². The number of methoxy groups -OCH3 is 1. The number of hydrogen-bond acceptors (Lipinski definition) is 6. The highest BCUT2D eigenvalue weighted by Gasteiger charge is 2.31. The van der Waals surface area contributed by atoms with E-state index in [2.05, 4.69) is 58.1 Å². The van der Waals surface area contributed by atoms with Crippen LogP contribution in [0.25, 0.3) is 0 Å². The molecule has 1 saturated heterocycles. The van der Waals surface area contributed by atoms with Gasteiger partial charge in [0.1, 0.15) is 18.4 Å². The zero-order valence-electron chi connectivity index (χ0n) is 19.9. The SMILES string of the molecule is COC(=O)[C@@H]1CCCN1Cc1ccc2c(c1)CN(Cc1ccc3c(c1)CCCN3C)CCO2. The molecule has 6 heteroatoms. The van der Waals surface area contributed by atoms with Crippen molar-refractivity contribution in [2.75, 3.05) is 45.3 Å². The van der Waals surface area contributed by atoms with Crippen LogP contribution in [0.2, 0.25) is 0 Å². The summed E-state index contributed by atoms with van der Waals surface area (Å²) < 4.78 is 11.1. The maximum Gasteiger partial charge on any atom is 0.323 e. The molecule has 2 aromatic rings. The summed E-state index contributed by atoms with van der Waals surface area (Å²) in [7, 11) is 3.67. The Balaban J connectivity index is 1.29. The monoisotopic (exact) mass is 449 g/mol. The fraction of sp³-hybridized carbons (Fsp3) is 0.519. The Morgan fingerprint density at radius 2 is 1.85 bits per heavy atom. The number of likely N-dealkylation sites (tertiary alicyclic amines) is 1. The van der Waals surface area contributed by atoms with Gasteiger partial charge in [-0.05, 0) is 67.1 Å². The predicted molar refractivity (Wildman–Crippen MR) is 130 cm³/mol. The van der Waals surface area contributed by atoms with Crippen LogP contribution in [0.1, 0.15) is 41.5 Å². The van der Waals surface area contributed by atoms with E-state index in [-0.39, 0.29) is 12.0 Å². The molecule has 3 aliphatic rings. The van der Waals surface area contributed by atoms with Gasteiger partial charge in [-0.3, -0.25) is 14.6 Å². The molecule has 3 aliphatic heterocycles. The van der Waals surface area contributed by atoms with Crippen LogP contribution < -0.4 is 9.64 Å². The van der Waals surface area contributed by atoms with Gasteiger partial charge in [0, 0.05) is 51.0 Å². The van der Waals surface area contributed by atoms with Crippen molar-refractivity contribution in [2.24, 2.45) is 0 Å². The average Bonchev–Trinajstić information content (AvgIpc) is 3.18. The Labute approximate surface area is 197 Å². The molecule has 6 nitrogen and oxygen atoms in total. The van der Waals surface area contributed by atoms with E-state index in [4.69, 9.17) is 9.47 Å². The molecule has 33 heavy (non-hydrogen) atoms. The Bertz CT molecular complexity index is 1010. The topological polar surface area (TPSA) is 45.2 Å². The summed E-state index contributed by atoms with van der Waals surface area (Å²) in [6, 6.07) is 13.4. The standard InChI is InChI=1S/C27H35N3O3/c1-28-11-3-5-22-15-20(7-9-24(22)28)17-29-13-14-33-26-10-8-21(16-23(26)19-29)18-30-12-4-6-25(30)27(31)32-2/h7-10,15-16,25H,3-6,11-14,17-19H2,1-2H3/t25-/m0/s1. The maximum atomic E-state index is 12.1. The van der Waals surface area contributed by atoms with Crippen molar-refractivity contribution in [2.45, 2.75) is 51.4 Å². The highest BCUT2D eigenvalue weighted by atomic mass is 16.5. The van der Waals surface area contributed by atoms with Crippen LogP contribution in [0.4, 0.5) is 5.69 Å². The largest absolute Gasteiger partial charge is 0.492 e. The van der Waals surface area contributed by atoms with Gasteiger partial charge in [-0.1, -0.05) is 18.2 Å². The van der Waals surface area contributed by atoms with Crippen LogP contribution in [0.3, 0.4) is 0 Å². The van der Waals surface area contributed by atoms with Crippen molar-refractivity contribution in [1.82, 2.24) is 9.80 Å². The maximum absolute atomic E-state index is 12.1. The fourth-order valence-corrected chi connectivity index (χ4v) is 5.58. The minimum Gasteiger partial charge on any atom is -0.492 e. The summed E-state index contributed by atoms with van der Waals surface area (Å²) >= 11 is 0. The minimum atomic E-state index is -0.121. The quantitative estimate of drug-likeness (QED) is 0.650. The molecule has 176 valence electrons. The molecule has 5 rings (SSSR count). The van der Waals surface area contributed by atoms with Crippen molar-refractivity contribution < 1.29 is 14.3 Å². The molecular weight excluding hydrogens is 414 g/mol. The third-order valence-corrected chi connectivity index (χ3v) is 7.31. The molecular formula is C27H35N3O3. The number of aryl methyl sites for hydroxylation is 1. The number of rotatable bonds is 5. The molecule has 0 radical (unpaired) electrons. The number of carbonyl (C=O) groups excluding carboxylic acids is 1. The molecule has 2 aromatic carbocycles. The molecule has 0 bridgehead atoms. The van der Waals surface area contributed by atoms with Gasteiger partial charge in [0.05, 0.1) is 7.11 Å². The molecule has 0 aliphatic carbocycles. The molecule has 0 amide bonds. The van der Waals surface area contributed by atoms with Gasteiger partial charge in [0.15, 0.2) is 0 Å². The molecule has 1 atom stereocenters. The number of carbonyl (C=O) groups is 1. The smallest absolute Gasteiger partial charge is 0.323 e. The number of nitrogens with zero attached hydrogens (tertiary/aromatic N) is 3.